The Morgan fingerprint density at radius 1 is 0.938 bits per heavy atom. The van der Waals surface area contributed by atoms with Crippen molar-refractivity contribution in [3.05, 3.63) is 90.0 Å². The number of allylic oxidation sites excluding steroid dienone is 2. The Morgan fingerprint density at radius 3 is 2.25 bits per heavy atom. The summed E-state index contributed by atoms with van der Waals surface area (Å²) in [6.07, 6.45) is 11.7. The Balaban J connectivity index is 2.01. The van der Waals surface area contributed by atoms with Crippen molar-refractivity contribution in [2.75, 3.05) is 0 Å². The molecule has 1 aliphatic rings. The average molecular weight is 429 g/mol. The summed E-state index contributed by atoms with van der Waals surface area (Å²) >= 11 is 0. The highest BCUT2D eigenvalue weighted by Gasteiger charge is 2.36. The standard InChI is InChI=1S/C32H44/c1-6-7-16-24(2)26(4)32(29-20-12-9-13-21-29)31(23-28-18-10-8-11-19-28)27(5)30-22-15-14-17-25(30)3/h8,10-11,14-15,17-19,22,24,29,31-32H,4-7,9,12-13,16,20-21,23H2,1-3H3. The normalized spacial score (nSPS) is 17.5. The number of unbranched alkanes of at least 4 members (excludes halogenated alkanes) is 1. The van der Waals surface area contributed by atoms with Crippen LogP contribution in [0, 0.1) is 30.6 Å². The zero-order chi connectivity index (χ0) is 22.9. The van der Waals surface area contributed by atoms with Crippen LogP contribution in [0.15, 0.2) is 73.3 Å². The third-order valence-corrected chi connectivity index (χ3v) is 7.88. The zero-order valence-electron chi connectivity index (χ0n) is 20.8. The molecule has 0 amide bonds. The maximum Gasteiger partial charge on any atom is -0.00531 e. The number of hydrogen-bond donors (Lipinski definition) is 0. The van der Waals surface area contributed by atoms with E-state index in [-0.39, 0.29) is 0 Å². The van der Waals surface area contributed by atoms with E-state index in [1.807, 2.05) is 0 Å². The summed E-state index contributed by atoms with van der Waals surface area (Å²) < 4.78 is 0. The highest BCUT2D eigenvalue weighted by Crippen LogP contribution is 2.46. The molecule has 1 aliphatic carbocycles. The van der Waals surface area contributed by atoms with E-state index in [4.69, 9.17) is 13.2 Å². The lowest BCUT2D eigenvalue weighted by Gasteiger charge is -2.40. The molecule has 2 aromatic rings. The first kappa shape index (κ1) is 24.6. The lowest BCUT2D eigenvalue weighted by atomic mass is 9.64. The van der Waals surface area contributed by atoms with Gasteiger partial charge in [0.15, 0.2) is 0 Å². The van der Waals surface area contributed by atoms with Crippen molar-refractivity contribution in [2.24, 2.45) is 23.7 Å². The SMILES string of the molecule is C=C(c1ccccc1C)C(Cc1ccccc1)C(C(=C)C(C)CCCC)C1CCCCC1. The molecule has 0 N–H and O–H groups in total. The van der Waals surface area contributed by atoms with Gasteiger partial charge in [0.2, 0.25) is 0 Å². The van der Waals surface area contributed by atoms with E-state index < -0.39 is 0 Å². The van der Waals surface area contributed by atoms with E-state index in [2.05, 4.69) is 75.4 Å². The molecule has 3 atom stereocenters. The summed E-state index contributed by atoms with van der Waals surface area (Å²) in [6, 6.07) is 19.9. The number of aryl methyl sites for hydroxylation is 1. The summed E-state index contributed by atoms with van der Waals surface area (Å²) in [5, 5.41) is 0. The quantitative estimate of drug-likeness (QED) is 0.313. The molecule has 1 fully saturated rings. The van der Waals surface area contributed by atoms with Crippen LogP contribution < -0.4 is 0 Å². The number of hydrogen-bond acceptors (Lipinski definition) is 0. The summed E-state index contributed by atoms with van der Waals surface area (Å²) in [7, 11) is 0. The zero-order valence-corrected chi connectivity index (χ0v) is 20.8. The molecule has 0 nitrogen and oxygen atoms in total. The van der Waals surface area contributed by atoms with Crippen LogP contribution in [0.2, 0.25) is 0 Å². The largest absolute Gasteiger partial charge is 0.0993 e. The fourth-order valence-electron chi connectivity index (χ4n) is 5.88. The summed E-state index contributed by atoms with van der Waals surface area (Å²) in [5.74, 6) is 2.22. The van der Waals surface area contributed by atoms with Gasteiger partial charge in [0.05, 0.1) is 0 Å². The first-order valence-corrected chi connectivity index (χ1v) is 13.0. The van der Waals surface area contributed by atoms with E-state index in [1.165, 1.54) is 79.2 Å². The Morgan fingerprint density at radius 2 is 1.59 bits per heavy atom. The van der Waals surface area contributed by atoms with Gasteiger partial charge < -0.3 is 0 Å². The van der Waals surface area contributed by atoms with Crippen molar-refractivity contribution >= 4 is 5.57 Å². The van der Waals surface area contributed by atoms with E-state index >= 15 is 0 Å². The summed E-state index contributed by atoms with van der Waals surface area (Å²) in [4.78, 5) is 0. The third kappa shape index (κ3) is 6.25. The van der Waals surface area contributed by atoms with Crippen LogP contribution >= 0.6 is 0 Å². The number of benzene rings is 2. The highest BCUT2D eigenvalue weighted by atomic mass is 14.4. The minimum absolute atomic E-state index is 0.401. The van der Waals surface area contributed by atoms with Crippen LogP contribution in [0.1, 0.15) is 81.9 Å². The van der Waals surface area contributed by atoms with Crippen LogP contribution in [-0.2, 0) is 6.42 Å². The van der Waals surface area contributed by atoms with Gasteiger partial charge in [-0.3, -0.25) is 0 Å². The van der Waals surface area contributed by atoms with Crippen LogP contribution in [0.3, 0.4) is 0 Å². The maximum atomic E-state index is 4.80. The van der Waals surface area contributed by atoms with Crippen molar-refractivity contribution < 1.29 is 0 Å². The molecule has 1 saturated carbocycles. The minimum Gasteiger partial charge on any atom is -0.0993 e. The van der Waals surface area contributed by atoms with Crippen molar-refractivity contribution in [1.82, 2.24) is 0 Å². The highest BCUT2D eigenvalue weighted by molar-refractivity contribution is 5.69. The second-order valence-corrected chi connectivity index (χ2v) is 10.2. The lowest BCUT2D eigenvalue weighted by Crippen LogP contribution is -2.31. The molecule has 172 valence electrons. The average Bonchev–Trinajstić information content (AvgIpc) is 2.83. The Kier molecular flexibility index (Phi) is 9.39. The van der Waals surface area contributed by atoms with Crippen LogP contribution in [0.5, 0.6) is 0 Å². The monoisotopic (exact) mass is 428 g/mol. The molecule has 0 spiro atoms. The van der Waals surface area contributed by atoms with Gasteiger partial charge in [-0.05, 0) is 78.5 Å². The van der Waals surface area contributed by atoms with Gasteiger partial charge in [0.25, 0.3) is 0 Å². The predicted molar refractivity (Wildman–Crippen MR) is 142 cm³/mol. The molecule has 0 heterocycles. The van der Waals surface area contributed by atoms with Gasteiger partial charge >= 0.3 is 0 Å². The summed E-state index contributed by atoms with van der Waals surface area (Å²) in [6.45, 7) is 16.5. The molecule has 0 aromatic heterocycles. The minimum atomic E-state index is 0.401. The number of rotatable bonds is 11. The van der Waals surface area contributed by atoms with Gasteiger partial charge in [-0.15, -0.1) is 0 Å². The first-order valence-electron chi connectivity index (χ1n) is 13.0. The second kappa shape index (κ2) is 12.2. The third-order valence-electron chi connectivity index (χ3n) is 7.88. The van der Waals surface area contributed by atoms with E-state index in [0.29, 0.717) is 17.8 Å². The molecular formula is C32H44. The van der Waals surface area contributed by atoms with Crippen molar-refractivity contribution in [3.8, 4) is 0 Å². The molecule has 2 aromatic carbocycles. The van der Waals surface area contributed by atoms with E-state index in [0.717, 1.165) is 12.3 Å². The fourth-order valence-corrected chi connectivity index (χ4v) is 5.88. The van der Waals surface area contributed by atoms with Gasteiger partial charge in [-0.25, -0.2) is 0 Å². The van der Waals surface area contributed by atoms with Gasteiger partial charge in [-0.1, -0.05) is 119 Å². The lowest BCUT2D eigenvalue weighted by molar-refractivity contribution is 0.223. The molecule has 0 heteroatoms. The van der Waals surface area contributed by atoms with Crippen LogP contribution in [-0.4, -0.2) is 0 Å². The molecule has 0 radical (unpaired) electrons. The molecule has 0 aliphatic heterocycles. The first-order chi connectivity index (χ1) is 15.5. The smallest absolute Gasteiger partial charge is 0.00531 e. The summed E-state index contributed by atoms with van der Waals surface area (Å²) in [5.41, 5.74) is 6.89. The molecule has 3 rings (SSSR count). The Hall–Kier alpha value is -2.08. The van der Waals surface area contributed by atoms with Crippen molar-refractivity contribution in [1.29, 1.82) is 0 Å². The maximum absolute atomic E-state index is 4.80. The van der Waals surface area contributed by atoms with E-state index in [9.17, 15) is 0 Å². The molecule has 32 heavy (non-hydrogen) atoms. The molecule has 3 unspecified atom stereocenters. The van der Waals surface area contributed by atoms with Crippen LogP contribution in [0.4, 0.5) is 0 Å². The second-order valence-electron chi connectivity index (χ2n) is 10.2. The van der Waals surface area contributed by atoms with E-state index in [1.54, 1.807) is 0 Å². The predicted octanol–water partition coefficient (Wildman–Crippen LogP) is 9.45. The molecule has 0 saturated heterocycles. The Bertz CT molecular complexity index is 853. The van der Waals surface area contributed by atoms with Crippen molar-refractivity contribution in [2.45, 2.75) is 78.6 Å². The van der Waals surface area contributed by atoms with Crippen molar-refractivity contribution in [3.63, 3.8) is 0 Å². The van der Waals surface area contributed by atoms with Gasteiger partial charge in [0.1, 0.15) is 0 Å². The molecular weight excluding hydrogens is 384 g/mol. The topological polar surface area (TPSA) is 0 Å². The Labute approximate surface area is 197 Å². The van der Waals surface area contributed by atoms with Gasteiger partial charge in [0, 0.05) is 0 Å². The van der Waals surface area contributed by atoms with Gasteiger partial charge in [-0.2, -0.15) is 0 Å². The fraction of sp³-hybridized carbons (Fsp3) is 0.500. The molecule has 0 bridgehead atoms. The van der Waals surface area contributed by atoms with Crippen LogP contribution in [0.25, 0.3) is 5.57 Å².